The maximum absolute atomic E-state index is 5.83. The van der Waals surface area contributed by atoms with E-state index in [1.165, 1.54) is 16.7 Å². The first-order valence-corrected chi connectivity index (χ1v) is 5.42. The molecular formula is C13H17N3. The first kappa shape index (κ1) is 10.7. The quantitative estimate of drug-likeness (QED) is 0.836. The normalized spacial score (nSPS) is 10.7. The number of nitrogens with two attached hydrogens (primary N) is 1. The van der Waals surface area contributed by atoms with E-state index in [9.17, 15) is 0 Å². The minimum atomic E-state index is 0.582. The molecule has 0 spiro atoms. The van der Waals surface area contributed by atoms with Gasteiger partial charge in [0.05, 0.1) is 12.7 Å². The van der Waals surface area contributed by atoms with Gasteiger partial charge >= 0.3 is 0 Å². The molecule has 1 aromatic carbocycles. The van der Waals surface area contributed by atoms with E-state index in [0.717, 1.165) is 12.2 Å². The summed E-state index contributed by atoms with van der Waals surface area (Å²) in [5.74, 6) is 0.582. The molecule has 0 saturated heterocycles. The predicted octanol–water partition coefficient (Wildman–Crippen LogP) is 2.44. The van der Waals surface area contributed by atoms with Crippen molar-refractivity contribution in [2.45, 2.75) is 27.3 Å². The van der Waals surface area contributed by atoms with E-state index in [-0.39, 0.29) is 0 Å². The van der Waals surface area contributed by atoms with Crippen molar-refractivity contribution >= 4 is 5.95 Å². The lowest BCUT2D eigenvalue weighted by molar-refractivity contribution is 0.777. The smallest absolute Gasteiger partial charge is 0.200 e. The van der Waals surface area contributed by atoms with E-state index in [2.05, 4.69) is 37.0 Å². The molecule has 0 aliphatic rings. The standard InChI is InChI=1S/C13H17N3/c1-9-5-4-6-12(11(9)3)8-16-10(2)7-15-13(16)14/h4-7H,8H2,1-3H3,(H2,14,15). The van der Waals surface area contributed by atoms with Gasteiger partial charge in [-0.3, -0.25) is 0 Å². The summed E-state index contributed by atoms with van der Waals surface area (Å²) in [5.41, 5.74) is 10.9. The molecule has 0 aliphatic carbocycles. The summed E-state index contributed by atoms with van der Waals surface area (Å²) in [6, 6.07) is 6.35. The average Bonchev–Trinajstić information content (AvgIpc) is 2.56. The number of rotatable bonds is 2. The minimum Gasteiger partial charge on any atom is -0.369 e. The number of aryl methyl sites for hydroxylation is 2. The summed E-state index contributed by atoms with van der Waals surface area (Å²) >= 11 is 0. The van der Waals surface area contributed by atoms with Gasteiger partial charge in [-0.2, -0.15) is 0 Å². The Kier molecular flexibility index (Phi) is 2.69. The van der Waals surface area contributed by atoms with Gasteiger partial charge in [0.1, 0.15) is 0 Å². The predicted molar refractivity (Wildman–Crippen MR) is 66.4 cm³/mol. The highest BCUT2D eigenvalue weighted by Gasteiger charge is 2.06. The number of nitrogens with zero attached hydrogens (tertiary/aromatic N) is 2. The Morgan fingerprint density at radius 1 is 1.25 bits per heavy atom. The van der Waals surface area contributed by atoms with Crippen molar-refractivity contribution in [1.82, 2.24) is 9.55 Å². The van der Waals surface area contributed by atoms with Gasteiger partial charge in [-0.15, -0.1) is 0 Å². The molecule has 3 nitrogen and oxygen atoms in total. The van der Waals surface area contributed by atoms with Crippen LogP contribution in [0, 0.1) is 20.8 Å². The molecule has 2 rings (SSSR count). The maximum Gasteiger partial charge on any atom is 0.200 e. The van der Waals surface area contributed by atoms with E-state index in [1.807, 2.05) is 11.5 Å². The fraction of sp³-hybridized carbons (Fsp3) is 0.308. The van der Waals surface area contributed by atoms with Crippen LogP contribution in [0.4, 0.5) is 5.95 Å². The molecule has 0 fully saturated rings. The van der Waals surface area contributed by atoms with Crippen LogP contribution in [0.5, 0.6) is 0 Å². The van der Waals surface area contributed by atoms with Crippen LogP contribution < -0.4 is 5.73 Å². The Morgan fingerprint density at radius 3 is 2.62 bits per heavy atom. The van der Waals surface area contributed by atoms with Gasteiger partial charge < -0.3 is 10.3 Å². The molecule has 3 heteroatoms. The van der Waals surface area contributed by atoms with Crippen LogP contribution in [0.15, 0.2) is 24.4 Å². The number of benzene rings is 1. The summed E-state index contributed by atoms with van der Waals surface area (Å²) in [6.45, 7) is 7.09. The molecule has 1 heterocycles. The van der Waals surface area contributed by atoms with Crippen LogP contribution in [0.2, 0.25) is 0 Å². The van der Waals surface area contributed by atoms with Crippen LogP contribution >= 0.6 is 0 Å². The third kappa shape index (κ3) is 1.81. The molecule has 16 heavy (non-hydrogen) atoms. The Hall–Kier alpha value is -1.77. The van der Waals surface area contributed by atoms with Crippen LogP contribution in [0.1, 0.15) is 22.4 Å². The maximum atomic E-state index is 5.83. The zero-order valence-corrected chi connectivity index (χ0v) is 9.99. The lowest BCUT2D eigenvalue weighted by Gasteiger charge is -2.11. The lowest BCUT2D eigenvalue weighted by atomic mass is 10.0. The second-order valence-corrected chi connectivity index (χ2v) is 4.20. The topological polar surface area (TPSA) is 43.8 Å². The van der Waals surface area contributed by atoms with Crippen molar-refractivity contribution < 1.29 is 0 Å². The van der Waals surface area contributed by atoms with Gasteiger partial charge in [0.2, 0.25) is 5.95 Å². The summed E-state index contributed by atoms with van der Waals surface area (Å²) in [4.78, 5) is 4.11. The number of aromatic nitrogens is 2. The highest BCUT2D eigenvalue weighted by atomic mass is 15.1. The molecule has 2 N–H and O–H groups in total. The van der Waals surface area contributed by atoms with Crippen LogP contribution in [-0.4, -0.2) is 9.55 Å². The first-order chi connectivity index (χ1) is 7.59. The zero-order chi connectivity index (χ0) is 11.7. The Bertz CT molecular complexity index is 492. The molecule has 0 aliphatic heterocycles. The summed E-state index contributed by atoms with van der Waals surface area (Å²) in [7, 11) is 0. The molecule has 0 atom stereocenters. The van der Waals surface area contributed by atoms with Crippen molar-refractivity contribution in [1.29, 1.82) is 0 Å². The van der Waals surface area contributed by atoms with Gasteiger partial charge in [0, 0.05) is 5.69 Å². The molecular weight excluding hydrogens is 198 g/mol. The third-order valence-corrected chi connectivity index (χ3v) is 3.13. The van der Waals surface area contributed by atoms with Gasteiger partial charge in [-0.1, -0.05) is 18.2 Å². The molecule has 0 unspecified atom stereocenters. The molecule has 84 valence electrons. The largest absolute Gasteiger partial charge is 0.369 e. The number of imidazole rings is 1. The molecule has 0 amide bonds. The highest BCUT2D eigenvalue weighted by Crippen LogP contribution is 2.16. The van der Waals surface area contributed by atoms with E-state index in [1.54, 1.807) is 6.20 Å². The van der Waals surface area contributed by atoms with E-state index >= 15 is 0 Å². The molecule has 0 saturated carbocycles. The summed E-state index contributed by atoms with van der Waals surface area (Å²) in [6.07, 6.45) is 1.81. The lowest BCUT2D eigenvalue weighted by Crippen LogP contribution is -2.07. The zero-order valence-electron chi connectivity index (χ0n) is 9.99. The van der Waals surface area contributed by atoms with Crippen LogP contribution in [0.25, 0.3) is 0 Å². The average molecular weight is 215 g/mol. The second-order valence-electron chi connectivity index (χ2n) is 4.20. The number of hydrogen-bond acceptors (Lipinski definition) is 2. The Labute approximate surface area is 95.9 Å². The van der Waals surface area contributed by atoms with Gasteiger partial charge in [-0.25, -0.2) is 4.98 Å². The molecule has 2 aromatic rings. The molecule has 0 bridgehead atoms. The van der Waals surface area contributed by atoms with E-state index in [4.69, 9.17) is 5.73 Å². The highest BCUT2D eigenvalue weighted by molar-refractivity contribution is 5.35. The summed E-state index contributed by atoms with van der Waals surface area (Å²) < 4.78 is 2.03. The fourth-order valence-electron chi connectivity index (χ4n) is 1.84. The van der Waals surface area contributed by atoms with Gasteiger partial charge in [-0.05, 0) is 37.5 Å². The van der Waals surface area contributed by atoms with Crippen molar-refractivity contribution in [3.63, 3.8) is 0 Å². The van der Waals surface area contributed by atoms with Crippen LogP contribution in [-0.2, 0) is 6.54 Å². The van der Waals surface area contributed by atoms with E-state index < -0.39 is 0 Å². The SMILES string of the molecule is Cc1cccc(Cn2c(C)cnc2N)c1C. The van der Waals surface area contributed by atoms with E-state index in [0.29, 0.717) is 5.95 Å². The molecule has 1 aromatic heterocycles. The van der Waals surface area contributed by atoms with Crippen molar-refractivity contribution in [3.8, 4) is 0 Å². The van der Waals surface area contributed by atoms with Crippen molar-refractivity contribution in [2.24, 2.45) is 0 Å². The number of anilines is 1. The Morgan fingerprint density at radius 2 is 2.00 bits per heavy atom. The Balaban J connectivity index is 2.38. The third-order valence-electron chi connectivity index (χ3n) is 3.13. The second kappa shape index (κ2) is 4.00. The van der Waals surface area contributed by atoms with Crippen molar-refractivity contribution in [3.05, 3.63) is 46.8 Å². The monoisotopic (exact) mass is 215 g/mol. The fourth-order valence-corrected chi connectivity index (χ4v) is 1.84. The number of hydrogen-bond donors (Lipinski definition) is 1. The molecule has 0 radical (unpaired) electrons. The van der Waals surface area contributed by atoms with Crippen molar-refractivity contribution in [2.75, 3.05) is 5.73 Å². The number of nitrogen functional groups attached to an aromatic ring is 1. The first-order valence-electron chi connectivity index (χ1n) is 5.42. The van der Waals surface area contributed by atoms with Gasteiger partial charge in [0.25, 0.3) is 0 Å². The van der Waals surface area contributed by atoms with Crippen LogP contribution in [0.3, 0.4) is 0 Å². The summed E-state index contributed by atoms with van der Waals surface area (Å²) in [5, 5.41) is 0. The van der Waals surface area contributed by atoms with Gasteiger partial charge in [0.15, 0.2) is 0 Å². The minimum absolute atomic E-state index is 0.582.